The summed E-state index contributed by atoms with van der Waals surface area (Å²) in [6.45, 7) is 4.56. The van der Waals surface area contributed by atoms with E-state index in [0.29, 0.717) is 5.84 Å². The summed E-state index contributed by atoms with van der Waals surface area (Å²) in [6, 6.07) is 57.2. The number of nitrogens with zero attached hydrogens (tertiary/aromatic N) is 2. The molecule has 0 atom stereocenters. The fourth-order valence-corrected chi connectivity index (χ4v) is 7.75. The van der Waals surface area contributed by atoms with E-state index in [0.717, 1.165) is 44.0 Å². The van der Waals surface area contributed by atoms with Crippen LogP contribution in [0.4, 0.5) is 0 Å². The number of aliphatic imine (C=N–C) groups is 2. The monoisotopic (exact) mass is 653 g/mol. The largest absolute Gasteiger partial charge is 0.282 e. The lowest BCUT2D eigenvalue weighted by atomic mass is 9.82. The maximum Gasteiger partial charge on any atom is 0.161 e. The molecule has 0 amide bonds. The van der Waals surface area contributed by atoms with Crippen LogP contribution >= 0.6 is 0 Å². The first-order valence-corrected chi connectivity index (χ1v) is 17.4. The van der Waals surface area contributed by atoms with E-state index in [1.807, 2.05) is 36.5 Å². The van der Waals surface area contributed by atoms with Crippen LogP contribution in [0.1, 0.15) is 41.7 Å². The van der Waals surface area contributed by atoms with Crippen LogP contribution in [0.15, 0.2) is 174 Å². The number of benzene rings is 8. The second-order valence-corrected chi connectivity index (χ2v) is 13.8. The van der Waals surface area contributed by atoms with Gasteiger partial charge in [-0.05, 0) is 77.8 Å². The zero-order valence-electron chi connectivity index (χ0n) is 28.6. The van der Waals surface area contributed by atoms with Gasteiger partial charge in [0.1, 0.15) is 0 Å². The summed E-state index contributed by atoms with van der Waals surface area (Å²) in [6.07, 6.45) is 1.96. The van der Waals surface area contributed by atoms with Crippen molar-refractivity contribution in [3.63, 3.8) is 0 Å². The molecule has 0 bridgehead atoms. The van der Waals surface area contributed by atoms with Gasteiger partial charge in [-0.1, -0.05) is 166 Å². The molecule has 1 aliphatic carbocycles. The Morgan fingerprint density at radius 1 is 0.510 bits per heavy atom. The van der Waals surface area contributed by atoms with Crippen molar-refractivity contribution < 1.29 is 0 Å². The topological polar surface area (TPSA) is 48.6 Å². The van der Waals surface area contributed by atoms with Crippen molar-refractivity contribution in [2.45, 2.75) is 19.3 Å². The highest BCUT2D eigenvalue weighted by Gasteiger charge is 2.35. The zero-order valence-corrected chi connectivity index (χ0v) is 28.6. The van der Waals surface area contributed by atoms with E-state index in [1.54, 1.807) is 0 Å². The lowest BCUT2D eigenvalue weighted by molar-refractivity contribution is 0.660. The summed E-state index contributed by atoms with van der Waals surface area (Å²) in [5.41, 5.74) is 9.79. The predicted octanol–water partition coefficient (Wildman–Crippen LogP) is 12.0. The fourth-order valence-electron chi connectivity index (χ4n) is 7.75. The number of rotatable bonds is 4. The van der Waals surface area contributed by atoms with Gasteiger partial charge in [0.05, 0.1) is 0 Å². The molecular formula is C48H35N3. The number of fused-ring (bicyclic) bond motifs is 7. The summed E-state index contributed by atoms with van der Waals surface area (Å²) in [5.74, 6) is 0.669. The molecule has 0 heterocycles. The SMILES string of the molecule is CC1(C)c2ccccc2-c2ccc(C(N=Cc3c4ccccc4cc4c3ccc3ccccc34)=NC(=N)c3ccc(-c4ccccc4)cc3)cc21. The normalized spacial score (nSPS) is 13.6. The molecule has 3 heteroatoms. The van der Waals surface area contributed by atoms with Gasteiger partial charge in [-0.2, -0.15) is 0 Å². The van der Waals surface area contributed by atoms with E-state index in [1.165, 1.54) is 38.4 Å². The molecule has 8 aromatic carbocycles. The third-order valence-electron chi connectivity index (χ3n) is 10.5. The number of hydrogen-bond acceptors (Lipinski definition) is 1. The Balaban J connectivity index is 1.20. The van der Waals surface area contributed by atoms with E-state index in [9.17, 15) is 5.41 Å². The van der Waals surface area contributed by atoms with Crippen LogP contribution in [0.3, 0.4) is 0 Å². The fraction of sp³-hybridized carbons (Fsp3) is 0.0625. The molecule has 0 aliphatic heterocycles. The molecule has 0 aromatic heterocycles. The van der Waals surface area contributed by atoms with E-state index < -0.39 is 0 Å². The molecule has 0 fully saturated rings. The Labute approximate surface area is 297 Å². The molecule has 8 aromatic rings. The molecule has 3 nitrogen and oxygen atoms in total. The summed E-state index contributed by atoms with van der Waals surface area (Å²) < 4.78 is 0. The van der Waals surface area contributed by atoms with Crippen LogP contribution in [0.5, 0.6) is 0 Å². The minimum atomic E-state index is -0.176. The van der Waals surface area contributed by atoms with Crippen molar-refractivity contribution in [3.05, 3.63) is 192 Å². The Hall–Kier alpha value is -6.45. The lowest BCUT2D eigenvalue weighted by Crippen LogP contribution is -2.16. The molecule has 51 heavy (non-hydrogen) atoms. The smallest absolute Gasteiger partial charge is 0.161 e. The quantitative estimate of drug-likeness (QED) is 0.0850. The van der Waals surface area contributed by atoms with Crippen molar-refractivity contribution in [1.29, 1.82) is 5.41 Å². The zero-order chi connectivity index (χ0) is 34.5. The molecule has 242 valence electrons. The number of amidine groups is 2. The maximum atomic E-state index is 9.20. The Morgan fingerprint density at radius 2 is 1.16 bits per heavy atom. The van der Waals surface area contributed by atoms with Crippen molar-refractivity contribution in [2.75, 3.05) is 0 Å². The predicted molar refractivity (Wildman–Crippen MR) is 216 cm³/mol. The lowest BCUT2D eigenvalue weighted by Gasteiger charge is -2.21. The van der Waals surface area contributed by atoms with Gasteiger partial charge < -0.3 is 0 Å². The van der Waals surface area contributed by atoms with Gasteiger partial charge in [-0.25, -0.2) is 9.98 Å². The minimum Gasteiger partial charge on any atom is -0.282 e. The van der Waals surface area contributed by atoms with E-state index in [4.69, 9.17) is 9.98 Å². The van der Waals surface area contributed by atoms with Crippen LogP contribution in [-0.4, -0.2) is 17.9 Å². The van der Waals surface area contributed by atoms with Crippen LogP contribution in [0.2, 0.25) is 0 Å². The van der Waals surface area contributed by atoms with Gasteiger partial charge >= 0.3 is 0 Å². The van der Waals surface area contributed by atoms with Crippen molar-refractivity contribution in [3.8, 4) is 22.3 Å². The first-order valence-electron chi connectivity index (χ1n) is 17.4. The standard InChI is InChI=1S/C48H35N3/c1-48(2)44-19-11-10-18-40(44)41-27-25-36(29-45(41)48)47(51-46(49)34-22-20-32(21-23-34)31-12-4-3-5-13-31)50-30-43-38-17-9-7-15-35(38)28-42-37-16-8-6-14-33(37)24-26-39(42)43/h3-30,49H,1-2H3. The number of nitrogens with one attached hydrogen (secondary N) is 1. The molecule has 0 saturated heterocycles. The molecular weight excluding hydrogens is 619 g/mol. The third kappa shape index (κ3) is 5.26. The highest BCUT2D eigenvalue weighted by Crippen LogP contribution is 2.48. The van der Waals surface area contributed by atoms with Crippen LogP contribution in [0.25, 0.3) is 54.6 Å². The van der Waals surface area contributed by atoms with Gasteiger partial charge in [-0.3, -0.25) is 5.41 Å². The highest BCUT2D eigenvalue weighted by molar-refractivity contribution is 6.22. The summed E-state index contributed by atoms with van der Waals surface area (Å²) in [5, 5.41) is 16.2. The van der Waals surface area contributed by atoms with Crippen molar-refractivity contribution >= 4 is 50.2 Å². The Morgan fingerprint density at radius 3 is 1.98 bits per heavy atom. The molecule has 0 radical (unpaired) electrons. The van der Waals surface area contributed by atoms with Crippen LogP contribution in [0, 0.1) is 5.41 Å². The molecule has 0 unspecified atom stereocenters. The second kappa shape index (κ2) is 12.2. The van der Waals surface area contributed by atoms with E-state index >= 15 is 0 Å². The van der Waals surface area contributed by atoms with Gasteiger partial charge in [0, 0.05) is 28.3 Å². The van der Waals surface area contributed by atoms with E-state index in [2.05, 4.69) is 147 Å². The van der Waals surface area contributed by atoms with Crippen molar-refractivity contribution in [1.82, 2.24) is 0 Å². The second-order valence-electron chi connectivity index (χ2n) is 13.8. The maximum absolute atomic E-state index is 9.20. The summed E-state index contributed by atoms with van der Waals surface area (Å²) in [4.78, 5) is 10.2. The highest BCUT2D eigenvalue weighted by atomic mass is 14.9. The first kappa shape index (κ1) is 30.6. The molecule has 0 saturated carbocycles. The van der Waals surface area contributed by atoms with Gasteiger partial charge in [0.25, 0.3) is 0 Å². The van der Waals surface area contributed by atoms with E-state index in [-0.39, 0.29) is 11.3 Å². The van der Waals surface area contributed by atoms with Crippen molar-refractivity contribution in [2.24, 2.45) is 9.98 Å². The Bertz CT molecular complexity index is 2720. The van der Waals surface area contributed by atoms with Crippen LogP contribution < -0.4 is 0 Å². The average molecular weight is 654 g/mol. The minimum absolute atomic E-state index is 0.165. The summed E-state index contributed by atoms with van der Waals surface area (Å²) in [7, 11) is 0. The first-order chi connectivity index (χ1) is 25.0. The summed E-state index contributed by atoms with van der Waals surface area (Å²) >= 11 is 0. The molecule has 9 rings (SSSR count). The molecule has 1 aliphatic rings. The Kier molecular flexibility index (Phi) is 7.29. The molecule has 1 N–H and O–H groups in total. The van der Waals surface area contributed by atoms with Gasteiger partial charge in [0.2, 0.25) is 0 Å². The average Bonchev–Trinajstić information content (AvgIpc) is 3.41. The third-order valence-corrected chi connectivity index (χ3v) is 10.5. The van der Waals surface area contributed by atoms with Gasteiger partial charge in [-0.15, -0.1) is 0 Å². The molecule has 0 spiro atoms. The van der Waals surface area contributed by atoms with Crippen LogP contribution in [-0.2, 0) is 5.41 Å². The number of hydrogen-bond donors (Lipinski definition) is 1. The van der Waals surface area contributed by atoms with Gasteiger partial charge in [0.15, 0.2) is 11.7 Å².